The van der Waals surface area contributed by atoms with Gasteiger partial charge in [0.2, 0.25) is 5.91 Å². The van der Waals surface area contributed by atoms with Gasteiger partial charge in [0.05, 0.1) is 23.7 Å². The van der Waals surface area contributed by atoms with Crippen molar-refractivity contribution in [2.75, 3.05) is 13.2 Å². The molecule has 3 heterocycles. The molecule has 6 heteroatoms. The van der Waals surface area contributed by atoms with E-state index in [2.05, 4.69) is 6.07 Å². The van der Waals surface area contributed by atoms with Crippen LogP contribution in [-0.2, 0) is 22.6 Å². The maximum absolute atomic E-state index is 13.6. The number of para-hydroxylation sites is 2. The Bertz CT molecular complexity index is 1210. The summed E-state index contributed by atoms with van der Waals surface area (Å²) >= 11 is 1.66. The monoisotopic (exact) mass is 432 g/mol. The van der Waals surface area contributed by atoms with E-state index in [1.165, 1.54) is 0 Å². The van der Waals surface area contributed by atoms with Gasteiger partial charge in [0.15, 0.2) is 5.43 Å². The zero-order valence-electron chi connectivity index (χ0n) is 17.2. The van der Waals surface area contributed by atoms with Crippen molar-refractivity contribution in [2.45, 2.75) is 32.0 Å². The minimum Gasteiger partial charge on any atom is -0.376 e. The number of hydrogen-bond donors (Lipinski definition) is 0. The molecule has 2 aromatic carbocycles. The number of amides is 1. The molecule has 1 aliphatic rings. The average molecular weight is 433 g/mol. The number of rotatable bonds is 6. The summed E-state index contributed by atoms with van der Waals surface area (Å²) in [6, 6.07) is 19.1. The molecule has 1 aliphatic heterocycles. The molecule has 5 nitrogen and oxygen atoms in total. The van der Waals surface area contributed by atoms with Gasteiger partial charge < -0.3 is 14.2 Å². The Morgan fingerprint density at radius 3 is 2.35 bits per heavy atom. The number of carbonyl (C=O) groups is 1. The number of fused-ring (bicyclic) bond motifs is 2. The molecule has 0 spiro atoms. The summed E-state index contributed by atoms with van der Waals surface area (Å²) in [6.07, 6.45) is 2.12. The molecule has 2 aromatic heterocycles. The van der Waals surface area contributed by atoms with E-state index in [4.69, 9.17) is 4.74 Å². The van der Waals surface area contributed by atoms with Crippen LogP contribution in [-0.4, -0.2) is 34.6 Å². The lowest BCUT2D eigenvalue weighted by Crippen LogP contribution is -2.39. The molecule has 0 aliphatic carbocycles. The van der Waals surface area contributed by atoms with E-state index in [1.54, 1.807) is 11.3 Å². The zero-order valence-corrected chi connectivity index (χ0v) is 18.0. The van der Waals surface area contributed by atoms with Crippen molar-refractivity contribution in [2.24, 2.45) is 0 Å². The molecule has 0 radical (unpaired) electrons. The van der Waals surface area contributed by atoms with Crippen LogP contribution in [0.1, 0.15) is 17.7 Å². The third-order valence-corrected chi connectivity index (χ3v) is 6.76. The first kappa shape index (κ1) is 20.0. The first-order chi connectivity index (χ1) is 15.2. The first-order valence-electron chi connectivity index (χ1n) is 10.6. The third-order valence-electron chi connectivity index (χ3n) is 5.90. The van der Waals surface area contributed by atoms with Crippen LogP contribution in [0.3, 0.4) is 0 Å². The van der Waals surface area contributed by atoms with E-state index >= 15 is 0 Å². The highest BCUT2D eigenvalue weighted by Gasteiger charge is 2.24. The predicted octanol–water partition coefficient (Wildman–Crippen LogP) is 4.42. The number of pyridine rings is 1. The highest BCUT2D eigenvalue weighted by atomic mass is 32.1. The summed E-state index contributed by atoms with van der Waals surface area (Å²) in [6.45, 7) is 2.11. The summed E-state index contributed by atoms with van der Waals surface area (Å²) in [4.78, 5) is 29.6. The van der Waals surface area contributed by atoms with Crippen LogP contribution in [0.2, 0.25) is 0 Å². The van der Waals surface area contributed by atoms with Gasteiger partial charge >= 0.3 is 0 Å². The lowest BCUT2D eigenvalue weighted by Gasteiger charge is -2.26. The fourth-order valence-corrected chi connectivity index (χ4v) is 5.08. The van der Waals surface area contributed by atoms with Gasteiger partial charge in [-0.3, -0.25) is 9.59 Å². The van der Waals surface area contributed by atoms with Crippen molar-refractivity contribution < 1.29 is 9.53 Å². The molecule has 0 saturated carbocycles. The van der Waals surface area contributed by atoms with Gasteiger partial charge in [-0.1, -0.05) is 30.3 Å². The van der Waals surface area contributed by atoms with Crippen molar-refractivity contribution in [1.29, 1.82) is 0 Å². The van der Waals surface area contributed by atoms with Crippen LogP contribution < -0.4 is 5.43 Å². The molecule has 4 aromatic rings. The number of thiophene rings is 1. The smallest absolute Gasteiger partial charge is 0.242 e. The Morgan fingerprint density at radius 1 is 1.03 bits per heavy atom. The molecule has 31 heavy (non-hydrogen) atoms. The second-order valence-electron chi connectivity index (χ2n) is 7.94. The summed E-state index contributed by atoms with van der Waals surface area (Å²) in [7, 11) is 0. The molecule has 5 rings (SSSR count). The molecule has 1 fully saturated rings. The molecule has 1 unspecified atom stereocenters. The van der Waals surface area contributed by atoms with Crippen LogP contribution >= 0.6 is 11.3 Å². The highest BCUT2D eigenvalue weighted by molar-refractivity contribution is 7.09. The van der Waals surface area contributed by atoms with Crippen molar-refractivity contribution in [3.05, 3.63) is 81.1 Å². The van der Waals surface area contributed by atoms with Crippen molar-refractivity contribution in [3.8, 4) is 0 Å². The summed E-state index contributed by atoms with van der Waals surface area (Å²) < 4.78 is 7.80. The number of benzene rings is 2. The SMILES string of the molecule is O=C(Cn1c2ccccc2c(=O)c2ccccc21)N(Cc1cccs1)CC1CCCO1. The van der Waals surface area contributed by atoms with Gasteiger partial charge in [-0.2, -0.15) is 0 Å². The van der Waals surface area contributed by atoms with Crippen LogP contribution in [0.5, 0.6) is 0 Å². The Labute approximate surface area is 184 Å². The normalized spacial score (nSPS) is 16.2. The topological polar surface area (TPSA) is 51.5 Å². The van der Waals surface area contributed by atoms with Crippen LogP contribution in [0.15, 0.2) is 70.8 Å². The minimum absolute atomic E-state index is 0.00435. The molecular weight excluding hydrogens is 408 g/mol. The lowest BCUT2D eigenvalue weighted by atomic mass is 10.1. The van der Waals surface area contributed by atoms with Gasteiger partial charge in [0.1, 0.15) is 6.54 Å². The second-order valence-corrected chi connectivity index (χ2v) is 8.97. The zero-order chi connectivity index (χ0) is 21.2. The average Bonchev–Trinajstić information content (AvgIpc) is 3.50. The van der Waals surface area contributed by atoms with E-state index in [1.807, 2.05) is 69.4 Å². The predicted molar refractivity (Wildman–Crippen MR) is 124 cm³/mol. The Kier molecular flexibility index (Phi) is 5.57. The number of hydrogen-bond acceptors (Lipinski definition) is 4. The Balaban J connectivity index is 1.53. The highest BCUT2D eigenvalue weighted by Crippen LogP contribution is 2.21. The second kappa shape index (κ2) is 8.65. The van der Waals surface area contributed by atoms with Crippen molar-refractivity contribution in [3.63, 3.8) is 0 Å². The maximum atomic E-state index is 13.6. The molecule has 1 atom stereocenters. The number of nitrogens with zero attached hydrogens (tertiary/aromatic N) is 2. The Morgan fingerprint density at radius 2 is 1.74 bits per heavy atom. The fraction of sp³-hybridized carbons (Fsp3) is 0.280. The van der Waals surface area contributed by atoms with Gasteiger partial charge in [0.25, 0.3) is 0 Å². The standard InChI is InChI=1S/C25H24N2O3S/c28-24(26(15-18-7-5-13-30-18)16-19-8-6-14-31-19)17-27-22-11-3-1-9-20(22)25(29)21-10-2-4-12-23(21)27/h1-4,6,8-12,14,18H,5,7,13,15-17H2. The lowest BCUT2D eigenvalue weighted by molar-refractivity contribution is -0.133. The largest absolute Gasteiger partial charge is 0.376 e. The Hall–Kier alpha value is -2.96. The van der Waals surface area contributed by atoms with Gasteiger partial charge in [0, 0.05) is 28.8 Å². The first-order valence-corrected chi connectivity index (χ1v) is 11.5. The fourth-order valence-electron chi connectivity index (χ4n) is 4.36. The van der Waals surface area contributed by atoms with Crippen LogP contribution in [0.25, 0.3) is 21.8 Å². The molecule has 0 bridgehead atoms. The molecule has 158 valence electrons. The molecule has 0 N–H and O–H groups in total. The quantitative estimate of drug-likeness (QED) is 0.424. The van der Waals surface area contributed by atoms with Crippen molar-refractivity contribution >= 4 is 39.0 Å². The van der Waals surface area contributed by atoms with Crippen molar-refractivity contribution in [1.82, 2.24) is 9.47 Å². The van der Waals surface area contributed by atoms with E-state index in [-0.39, 0.29) is 24.0 Å². The third kappa shape index (κ3) is 4.01. The van der Waals surface area contributed by atoms with E-state index < -0.39 is 0 Å². The van der Waals surface area contributed by atoms with E-state index in [0.717, 1.165) is 35.4 Å². The summed E-state index contributed by atoms with van der Waals surface area (Å²) in [5, 5.41) is 3.31. The minimum atomic E-state index is 0.00435. The van der Waals surface area contributed by atoms with Gasteiger partial charge in [-0.15, -0.1) is 11.3 Å². The summed E-state index contributed by atoms with van der Waals surface area (Å²) in [5.74, 6) is 0.0304. The van der Waals surface area contributed by atoms with Gasteiger partial charge in [-0.25, -0.2) is 0 Å². The number of ether oxygens (including phenoxy) is 1. The summed E-state index contributed by atoms with van der Waals surface area (Å²) in [5.41, 5.74) is 1.57. The van der Waals surface area contributed by atoms with Crippen LogP contribution in [0.4, 0.5) is 0 Å². The number of aromatic nitrogens is 1. The molecule has 1 amide bonds. The number of carbonyl (C=O) groups excluding carboxylic acids is 1. The van der Waals surface area contributed by atoms with Gasteiger partial charge in [-0.05, 0) is 48.6 Å². The van der Waals surface area contributed by atoms with Crippen LogP contribution in [0, 0.1) is 0 Å². The molecular formula is C25H24N2O3S. The molecule has 1 saturated heterocycles. The van der Waals surface area contributed by atoms with E-state index in [9.17, 15) is 9.59 Å². The van der Waals surface area contributed by atoms with E-state index in [0.29, 0.717) is 23.9 Å². The maximum Gasteiger partial charge on any atom is 0.242 e.